The minimum absolute atomic E-state index is 0.805. The van der Waals surface area contributed by atoms with E-state index in [1.54, 1.807) is 11.8 Å². The van der Waals surface area contributed by atoms with Gasteiger partial charge < -0.3 is 0 Å². The number of thioether (sulfide) groups is 1. The first-order chi connectivity index (χ1) is 4.89. The maximum Gasteiger partial charge on any atom is 0.0606 e. The Hall–Kier alpha value is -0.760. The zero-order chi connectivity index (χ0) is 7.23. The molecule has 52 valence electrons. The van der Waals surface area contributed by atoms with Crippen LogP contribution in [0.4, 0.5) is 0 Å². The Morgan fingerprint density at radius 3 is 3.30 bits per heavy atom. The fourth-order valence-electron chi connectivity index (χ4n) is 0.547. The third kappa shape index (κ3) is 2.69. The van der Waals surface area contributed by atoms with Gasteiger partial charge in [0.15, 0.2) is 0 Å². The van der Waals surface area contributed by atoms with Crippen LogP contribution in [0.15, 0.2) is 41.6 Å². The molecule has 0 aromatic carbocycles. The van der Waals surface area contributed by atoms with E-state index >= 15 is 0 Å². The molecule has 0 unspecified atom stereocenters. The molecule has 0 radical (unpaired) electrons. The van der Waals surface area contributed by atoms with Crippen LogP contribution < -0.4 is 0 Å². The summed E-state index contributed by atoms with van der Waals surface area (Å²) in [6.45, 7) is 3.73. The highest BCUT2D eigenvalue weighted by Crippen LogP contribution is 2.02. The molecule has 0 saturated heterocycles. The van der Waals surface area contributed by atoms with Crippen LogP contribution in [0.25, 0.3) is 0 Å². The molecule has 0 atom stereocenters. The molecular formula is C8H9NS. The van der Waals surface area contributed by atoms with E-state index in [0.29, 0.717) is 0 Å². The third-order valence-corrected chi connectivity index (χ3v) is 1.66. The Bertz CT molecular complexity index is 201. The molecule has 0 bridgehead atoms. The van der Waals surface area contributed by atoms with E-state index in [2.05, 4.69) is 17.6 Å². The Kier molecular flexibility index (Phi) is 3.03. The summed E-state index contributed by atoms with van der Waals surface area (Å²) >= 11 is 1.67. The van der Waals surface area contributed by atoms with Gasteiger partial charge in [-0.05, 0) is 6.08 Å². The van der Waals surface area contributed by atoms with E-state index in [9.17, 15) is 0 Å². The summed E-state index contributed by atoms with van der Waals surface area (Å²) in [5, 5.41) is 0. The first-order valence-corrected chi connectivity index (χ1v) is 4.11. The second kappa shape index (κ2) is 4.12. The summed E-state index contributed by atoms with van der Waals surface area (Å²) in [5.41, 5.74) is 2.63. The number of aliphatic imine (C=N–C) groups is 1. The van der Waals surface area contributed by atoms with Crippen molar-refractivity contribution in [2.75, 3.05) is 5.75 Å². The van der Waals surface area contributed by atoms with Crippen LogP contribution >= 0.6 is 11.8 Å². The summed E-state index contributed by atoms with van der Waals surface area (Å²) in [5.74, 6) is 0.987. The molecule has 2 heteroatoms. The lowest BCUT2D eigenvalue weighted by Crippen LogP contribution is -1.69. The largest absolute Gasteiger partial charge is 0.251 e. The van der Waals surface area contributed by atoms with Gasteiger partial charge in [-0.3, -0.25) is 4.99 Å². The summed E-state index contributed by atoms with van der Waals surface area (Å²) in [4.78, 5) is 4.06. The number of allylic oxidation sites excluding steroid dienone is 3. The Morgan fingerprint density at radius 1 is 1.50 bits per heavy atom. The van der Waals surface area contributed by atoms with Crippen LogP contribution in [0, 0.1) is 0 Å². The second-order valence-corrected chi connectivity index (χ2v) is 2.72. The van der Waals surface area contributed by atoms with E-state index in [1.807, 2.05) is 23.8 Å². The molecule has 10 heavy (non-hydrogen) atoms. The van der Waals surface area contributed by atoms with Crippen LogP contribution in [0.2, 0.25) is 0 Å². The monoisotopic (exact) mass is 151 g/mol. The number of nitrogens with zero attached hydrogens (tertiary/aromatic N) is 1. The van der Waals surface area contributed by atoms with Crippen LogP contribution in [-0.2, 0) is 0 Å². The standard InChI is InChI=1S/C8H9NS/c1-8-5-3-2-4-6-10-7-9-8/h2-5,7H,1,6H2/b4-2-,5-3-,9-7-. The molecule has 0 N–H and O–H groups in total. The van der Waals surface area contributed by atoms with Gasteiger partial charge >= 0.3 is 0 Å². The van der Waals surface area contributed by atoms with E-state index in [-0.39, 0.29) is 0 Å². The van der Waals surface area contributed by atoms with E-state index < -0.39 is 0 Å². The van der Waals surface area contributed by atoms with E-state index in [0.717, 1.165) is 11.4 Å². The van der Waals surface area contributed by atoms with Crippen molar-refractivity contribution in [3.8, 4) is 0 Å². The molecule has 1 rings (SSSR count). The molecule has 0 fully saturated rings. The zero-order valence-electron chi connectivity index (χ0n) is 5.66. The van der Waals surface area contributed by atoms with Crippen molar-refractivity contribution < 1.29 is 0 Å². The van der Waals surface area contributed by atoms with Crippen molar-refractivity contribution in [2.24, 2.45) is 4.99 Å². The summed E-state index contributed by atoms with van der Waals surface area (Å²) in [7, 11) is 0. The number of rotatable bonds is 0. The normalized spacial score (nSPS) is 27.8. The maximum absolute atomic E-state index is 4.06. The topological polar surface area (TPSA) is 12.4 Å². The lowest BCUT2D eigenvalue weighted by atomic mass is 10.4. The lowest BCUT2D eigenvalue weighted by Gasteiger charge is -1.85. The summed E-state index contributed by atoms with van der Waals surface area (Å²) in [6, 6.07) is 0. The molecule has 0 spiro atoms. The molecular weight excluding hydrogens is 142 g/mol. The van der Waals surface area contributed by atoms with Gasteiger partial charge in [0.25, 0.3) is 0 Å². The van der Waals surface area contributed by atoms with Gasteiger partial charge in [0.05, 0.1) is 11.2 Å². The smallest absolute Gasteiger partial charge is 0.0606 e. The van der Waals surface area contributed by atoms with Crippen LogP contribution in [0.1, 0.15) is 0 Å². The first kappa shape index (κ1) is 7.35. The summed E-state index contributed by atoms with van der Waals surface area (Å²) < 4.78 is 0. The quantitative estimate of drug-likeness (QED) is 0.518. The van der Waals surface area contributed by atoms with E-state index in [4.69, 9.17) is 0 Å². The summed E-state index contributed by atoms with van der Waals surface area (Å²) in [6.07, 6.45) is 7.93. The molecule has 1 aliphatic heterocycles. The molecule has 0 aromatic heterocycles. The fraction of sp³-hybridized carbons (Fsp3) is 0.125. The van der Waals surface area contributed by atoms with Crippen molar-refractivity contribution >= 4 is 17.3 Å². The average Bonchev–Trinajstić information content (AvgIpc) is 2.02. The highest BCUT2D eigenvalue weighted by Gasteiger charge is 1.82. The van der Waals surface area contributed by atoms with Gasteiger partial charge in [0, 0.05) is 5.75 Å². The molecule has 0 amide bonds. The Balaban J connectivity index is 2.64. The van der Waals surface area contributed by atoms with Gasteiger partial charge in [0.1, 0.15) is 0 Å². The highest BCUT2D eigenvalue weighted by atomic mass is 32.2. The van der Waals surface area contributed by atoms with Crippen LogP contribution in [0.3, 0.4) is 0 Å². The van der Waals surface area contributed by atoms with E-state index in [1.165, 1.54) is 0 Å². The van der Waals surface area contributed by atoms with Gasteiger partial charge in [-0.15, -0.1) is 11.8 Å². The van der Waals surface area contributed by atoms with Gasteiger partial charge in [-0.2, -0.15) is 0 Å². The molecule has 0 aliphatic carbocycles. The fourth-order valence-corrected chi connectivity index (χ4v) is 1.07. The van der Waals surface area contributed by atoms with Crippen molar-refractivity contribution in [1.29, 1.82) is 0 Å². The molecule has 1 nitrogen and oxygen atoms in total. The number of hydrogen-bond acceptors (Lipinski definition) is 2. The molecule has 1 aliphatic rings. The predicted molar refractivity (Wildman–Crippen MR) is 48.4 cm³/mol. The first-order valence-electron chi connectivity index (χ1n) is 3.06. The van der Waals surface area contributed by atoms with Gasteiger partial charge in [-0.1, -0.05) is 24.8 Å². The second-order valence-electron chi connectivity index (χ2n) is 1.85. The zero-order valence-corrected chi connectivity index (χ0v) is 6.47. The third-order valence-electron chi connectivity index (χ3n) is 1.02. The van der Waals surface area contributed by atoms with Gasteiger partial charge in [-0.25, -0.2) is 0 Å². The molecule has 0 aromatic rings. The predicted octanol–water partition coefficient (Wildman–Crippen LogP) is 2.39. The minimum Gasteiger partial charge on any atom is -0.251 e. The van der Waals surface area contributed by atoms with Crippen LogP contribution in [0.5, 0.6) is 0 Å². The van der Waals surface area contributed by atoms with Crippen molar-refractivity contribution in [1.82, 2.24) is 0 Å². The lowest BCUT2D eigenvalue weighted by molar-refractivity contribution is 1.46. The molecule has 0 saturated carbocycles. The van der Waals surface area contributed by atoms with Crippen molar-refractivity contribution in [3.05, 3.63) is 36.6 Å². The van der Waals surface area contributed by atoms with Gasteiger partial charge in [0.2, 0.25) is 0 Å². The Labute approximate surface area is 65.2 Å². The average molecular weight is 151 g/mol. The highest BCUT2D eigenvalue weighted by molar-refractivity contribution is 8.12. The van der Waals surface area contributed by atoms with Crippen molar-refractivity contribution in [3.63, 3.8) is 0 Å². The maximum atomic E-state index is 4.06. The van der Waals surface area contributed by atoms with Crippen molar-refractivity contribution in [2.45, 2.75) is 0 Å². The van der Waals surface area contributed by atoms with Crippen LogP contribution in [-0.4, -0.2) is 11.3 Å². The minimum atomic E-state index is 0.805. The Morgan fingerprint density at radius 2 is 2.40 bits per heavy atom. The molecule has 1 heterocycles. The number of hydrogen-bond donors (Lipinski definition) is 0. The SMILES string of the molecule is C=C1/C=C\C=C/CS/C=N\1.